The van der Waals surface area contributed by atoms with E-state index in [1.807, 2.05) is 23.1 Å². The van der Waals surface area contributed by atoms with Gasteiger partial charge in [0, 0.05) is 32.7 Å². The first-order chi connectivity index (χ1) is 16.5. The van der Waals surface area contributed by atoms with E-state index in [4.69, 9.17) is 9.47 Å². The third-order valence-corrected chi connectivity index (χ3v) is 8.31. The largest absolute Gasteiger partial charge is 0.383 e. The van der Waals surface area contributed by atoms with Crippen LogP contribution in [0.4, 0.5) is 0 Å². The number of sulfone groups is 1. The maximum atomic E-state index is 13.4. The molecule has 1 aromatic carbocycles. The van der Waals surface area contributed by atoms with Crippen LogP contribution in [-0.2, 0) is 42.9 Å². The minimum absolute atomic E-state index is 0.0220. The predicted molar refractivity (Wildman–Crippen MR) is 128 cm³/mol. The van der Waals surface area contributed by atoms with Crippen molar-refractivity contribution in [3.8, 4) is 0 Å². The third kappa shape index (κ3) is 6.06. The highest BCUT2D eigenvalue weighted by Crippen LogP contribution is 2.28. The van der Waals surface area contributed by atoms with E-state index in [9.17, 15) is 13.2 Å². The first-order valence-corrected chi connectivity index (χ1v) is 13.8. The first-order valence-electron chi connectivity index (χ1n) is 12.2. The molecule has 4 rings (SSSR count). The van der Waals surface area contributed by atoms with Gasteiger partial charge in [-0.25, -0.2) is 13.4 Å². The van der Waals surface area contributed by atoms with E-state index in [0.29, 0.717) is 37.5 Å². The van der Waals surface area contributed by atoms with Crippen LogP contribution >= 0.6 is 0 Å². The number of benzene rings is 1. The molecule has 8 nitrogen and oxygen atoms in total. The van der Waals surface area contributed by atoms with Gasteiger partial charge in [-0.05, 0) is 31.2 Å². The molecule has 0 spiro atoms. The Hall–Kier alpha value is -2.23. The number of amides is 1. The second-order valence-corrected chi connectivity index (χ2v) is 11.1. The fourth-order valence-electron chi connectivity index (χ4n) is 4.94. The van der Waals surface area contributed by atoms with Crippen molar-refractivity contribution >= 4 is 15.7 Å². The molecular formula is C25H35N3O5S. The fraction of sp³-hybridized carbons (Fsp3) is 0.600. The van der Waals surface area contributed by atoms with E-state index in [-0.39, 0.29) is 28.8 Å². The molecule has 1 atom stereocenters. The zero-order chi connectivity index (χ0) is 24.0. The van der Waals surface area contributed by atoms with Gasteiger partial charge < -0.3 is 18.9 Å². The van der Waals surface area contributed by atoms with Gasteiger partial charge in [0.25, 0.3) is 0 Å². The van der Waals surface area contributed by atoms with E-state index < -0.39 is 9.84 Å². The molecule has 2 fully saturated rings. The molecule has 2 heterocycles. The molecule has 1 aliphatic carbocycles. The smallest absolute Gasteiger partial charge is 0.228 e. The molecule has 1 saturated heterocycles. The molecule has 0 bridgehead atoms. The number of carbonyl (C=O) groups is 1. The van der Waals surface area contributed by atoms with E-state index >= 15 is 0 Å². The van der Waals surface area contributed by atoms with Crippen LogP contribution in [0.1, 0.15) is 49.8 Å². The van der Waals surface area contributed by atoms with Gasteiger partial charge in [0.2, 0.25) is 20.9 Å². The summed E-state index contributed by atoms with van der Waals surface area (Å²) >= 11 is 0. The summed E-state index contributed by atoms with van der Waals surface area (Å²) < 4.78 is 39.3. The normalized spacial score (nSPS) is 19.0. The maximum absolute atomic E-state index is 13.4. The lowest BCUT2D eigenvalue weighted by Gasteiger charge is -2.28. The van der Waals surface area contributed by atoms with Crippen molar-refractivity contribution in [3.05, 3.63) is 47.8 Å². The fourth-order valence-corrected chi connectivity index (χ4v) is 6.46. The lowest BCUT2D eigenvalue weighted by Crippen LogP contribution is -2.40. The number of rotatable bonds is 11. The molecule has 1 aromatic heterocycles. The van der Waals surface area contributed by atoms with Crippen LogP contribution in [0.3, 0.4) is 0 Å². The molecule has 2 aliphatic rings. The minimum atomic E-state index is -3.68. The molecule has 34 heavy (non-hydrogen) atoms. The predicted octanol–water partition coefficient (Wildman–Crippen LogP) is 3.20. The van der Waals surface area contributed by atoms with Crippen molar-refractivity contribution in [2.45, 2.75) is 68.6 Å². The SMILES string of the molecule is COCCn1c(CN(C[C@H]2CCCO2)C(=O)C2CCCC2)cnc1S(=O)(=O)Cc1ccccc1. The summed E-state index contributed by atoms with van der Waals surface area (Å²) in [5.41, 5.74) is 1.41. The minimum Gasteiger partial charge on any atom is -0.383 e. The second-order valence-electron chi connectivity index (χ2n) is 9.26. The lowest BCUT2D eigenvalue weighted by atomic mass is 10.1. The number of nitrogens with zero attached hydrogens (tertiary/aromatic N) is 3. The zero-order valence-electron chi connectivity index (χ0n) is 19.9. The molecule has 186 valence electrons. The molecule has 0 unspecified atom stereocenters. The van der Waals surface area contributed by atoms with Gasteiger partial charge in [0.1, 0.15) is 0 Å². The Bertz CT molecular complexity index is 1040. The van der Waals surface area contributed by atoms with Gasteiger partial charge in [-0.1, -0.05) is 43.2 Å². The van der Waals surface area contributed by atoms with Crippen LogP contribution in [0.15, 0.2) is 41.7 Å². The number of methoxy groups -OCH3 is 1. The van der Waals surface area contributed by atoms with Gasteiger partial charge in [0.15, 0.2) is 0 Å². The highest BCUT2D eigenvalue weighted by atomic mass is 32.2. The molecule has 1 amide bonds. The summed E-state index contributed by atoms with van der Waals surface area (Å²) in [6.45, 7) is 2.26. The third-order valence-electron chi connectivity index (χ3n) is 6.72. The lowest BCUT2D eigenvalue weighted by molar-refractivity contribution is -0.137. The summed E-state index contributed by atoms with van der Waals surface area (Å²) in [6.07, 6.45) is 7.56. The van der Waals surface area contributed by atoms with Crippen LogP contribution < -0.4 is 0 Å². The maximum Gasteiger partial charge on any atom is 0.228 e. The highest BCUT2D eigenvalue weighted by molar-refractivity contribution is 7.90. The number of ether oxygens (including phenoxy) is 2. The Labute approximate surface area is 202 Å². The summed E-state index contributed by atoms with van der Waals surface area (Å²) in [6, 6.07) is 9.10. The Balaban J connectivity index is 1.60. The summed E-state index contributed by atoms with van der Waals surface area (Å²) in [4.78, 5) is 19.6. The number of aromatic nitrogens is 2. The van der Waals surface area contributed by atoms with Crippen molar-refractivity contribution in [2.24, 2.45) is 5.92 Å². The van der Waals surface area contributed by atoms with E-state index in [1.165, 1.54) is 0 Å². The van der Waals surface area contributed by atoms with Crippen molar-refractivity contribution in [3.63, 3.8) is 0 Å². The second kappa shape index (κ2) is 11.5. The number of imidazole rings is 1. The molecular weight excluding hydrogens is 454 g/mol. The van der Waals surface area contributed by atoms with E-state index in [1.54, 1.807) is 30.0 Å². The average molecular weight is 490 g/mol. The quantitative estimate of drug-likeness (QED) is 0.481. The molecule has 1 aliphatic heterocycles. The number of hydrogen-bond donors (Lipinski definition) is 0. The molecule has 0 radical (unpaired) electrons. The van der Waals surface area contributed by atoms with Gasteiger partial charge in [-0.15, -0.1) is 0 Å². The molecule has 1 saturated carbocycles. The standard InChI is InChI=1S/C25H35N3O5S/c1-32-15-13-28-22(16-26-25(28)34(30,31)19-20-8-3-2-4-9-20)17-27(18-23-12-7-14-33-23)24(29)21-10-5-6-11-21/h2-4,8-9,16,21,23H,5-7,10-15,17-19H2,1H3/t23-/m1/s1. The average Bonchev–Trinajstić information content (AvgIpc) is 3.59. The molecule has 0 N–H and O–H groups in total. The van der Waals surface area contributed by atoms with Gasteiger partial charge in [-0.2, -0.15) is 0 Å². The highest BCUT2D eigenvalue weighted by Gasteiger charge is 2.32. The molecule has 2 aromatic rings. The Morgan fingerprint density at radius 3 is 2.62 bits per heavy atom. The van der Waals surface area contributed by atoms with Crippen LogP contribution in [-0.4, -0.2) is 61.7 Å². The van der Waals surface area contributed by atoms with E-state index in [2.05, 4.69) is 4.98 Å². The van der Waals surface area contributed by atoms with Crippen molar-refractivity contribution in [1.29, 1.82) is 0 Å². The van der Waals surface area contributed by atoms with Crippen LogP contribution in [0.2, 0.25) is 0 Å². The first kappa shape index (κ1) is 24.9. The zero-order valence-corrected chi connectivity index (χ0v) is 20.7. The Morgan fingerprint density at radius 2 is 1.94 bits per heavy atom. The Morgan fingerprint density at radius 1 is 1.18 bits per heavy atom. The van der Waals surface area contributed by atoms with E-state index in [0.717, 1.165) is 45.1 Å². The van der Waals surface area contributed by atoms with Gasteiger partial charge >= 0.3 is 0 Å². The number of carbonyl (C=O) groups excluding carboxylic acids is 1. The molecule has 9 heteroatoms. The van der Waals surface area contributed by atoms with Gasteiger partial charge in [0.05, 0.1) is 36.9 Å². The van der Waals surface area contributed by atoms with Crippen molar-refractivity contribution in [2.75, 3.05) is 26.9 Å². The van der Waals surface area contributed by atoms with Crippen molar-refractivity contribution < 1.29 is 22.7 Å². The number of hydrogen-bond acceptors (Lipinski definition) is 6. The van der Waals surface area contributed by atoms with Gasteiger partial charge in [-0.3, -0.25) is 4.79 Å². The van der Waals surface area contributed by atoms with Crippen LogP contribution in [0.5, 0.6) is 0 Å². The summed E-state index contributed by atoms with van der Waals surface area (Å²) in [5.74, 6) is 0.0528. The topological polar surface area (TPSA) is 90.7 Å². The Kier molecular flexibility index (Phi) is 8.39. The summed E-state index contributed by atoms with van der Waals surface area (Å²) in [5, 5.41) is 0.0220. The van der Waals surface area contributed by atoms with Crippen LogP contribution in [0.25, 0.3) is 0 Å². The van der Waals surface area contributed by atoms with Crippen molar-refractivity contribution in [1.82, 2.24) is 14.5 Å². The summed E-state index contributed by atoms with van der Waals surface area (Å²) in [7, 11) is -2.09. The monoisotopic (exact) mass is 489 g/mol. The van der Waals surface area contributed by atoms with Crippen LogP contribution in [0, 0.1) is 5.92 Å².